The van der Waals surface area contributed by atoms with E-state index in [0.717, 1.165) is 0 Å². The second-order valence-corrected chi connectivity index (χ2v) is 5.25. The molecular formula is C12H21NO6. The van der Waals surface area contributed by atoms with Crippen molar-refractivity contribution in [3.63, 3.8) is 0 Å². The number of nitrogens with one attached hydrogen (secondary N) is 1. The van der Waals surface area contributed by atoms with Gasteiger partial charge in [-0.05, 0) is 13.8 Å². The largest absolute Gasteiger partial charge is 0.394 e. The van der Waals surface area contributed by atoms with Crippen LogP contribution in [0.5, 0.6) is 0 Å². The lowest BCUT2D eigenvalue weighted by atomic mass is 9.97. The van der Waals surface area contributed by atoms with Crippen LogP contribution in [0.4, 0.5) is 0 Å². The topological polar surface area (TPSA) is 86.2 Å². The van der Waals surface area contributed by atoms with Gasteiger partial charge in [0.2, 0.25) is 5.91 Å². The van der Waals surface area contributed by atoms with Gasteiger partial charge >= 0.3 is 0 Å². The number of carbonyl (C=O) groups is 1. The molecule has 0 saturated carbocycles. The van der Waals surface area contributed by atoms with Crippen molar-refractivity contribution in [2.45, 2.75) is 57.2 Å². The van der Waals surface area contributed by atoms with Gasteiger partial charge in [0.1, 0.15) is 24.4 Å². The van der Waals surface area contributed by atoms with E-state index in [4.69, 9.17) is 18.9 Å². The summed E-state index contributed by atoms with van der Waals surface area (Å²) in [4.78, 5) is 11.3. The molecule has 2 fully saturated rings. The maximum atomic E-state index is 11.3. The first-order chi connectivity index (χ1) is 8.88. The first kappa shape index (κ1) is 14.7. The number of hydrogen-bond donors (Lipinski definition) is 2. The SMILES string of the molecule is CO[C@@H]1O[C@H](CO)[C@@H]2OC(C)(C)O[C@@H]2[C@H]1NC(C)=O. The molecule has 2 aliphatic heterocycles. The highest BCUT2D eigenvalue weighted by Crippen LogP contribution is 2.37. The lowest BCUT2D eigenvalue weighted by molar-refractivity contribution is -0.242. The molecule has 0 aromatic heterocycles. The molecule has 0 radical (unpaired) electrons. The number of methoxy groups -OCH3 is 1. The average Bonchev–Trinajstić information content (AvgIpc) is 2.64. The van der Waals surface area contributed by atoms with E-state index in [2.05, 4.69) is 5.32 Å². The van der Waals surface area contributed by atoms with Gasteiger partial charge in [0, 0.05) is 14.0 Å². The van der Waals surface area contributed by atoms with Crippen LogP contribution in [0, 0.1) is 0 Å². The average molecular weight is 275 g/mol. The molecule has 7 nitrogen and oxygen atoms in total. The zero-order chi connectivity index (χ0) is 14.2. The summed E-state index contributed by atoms with van der Waals surface area (Å²) in [7, 11) is 1.48. The van der Waals surface area contributed by atoms with Crippen LogP contribution in [0.1, 0.15) is 20.8 Å². The van der Waals surface area contributed by atoms with Crippen molar-refractivity contribution >= 4 is 5.91 Å². The molecule has 2 N–H and O–H groups in total. The maximum absolute atomic E-state index is 11.3. The van der Waals surface area contributed by atoms with Gasteiger partial charge in [-0.15, -0.1) is 0 Å². The van der Waals surface area contributed by atoms with Gasteiger partial charge < -0.3 is 29.4 Å². The Labute approximate surface area is 112 Å². The van der Waals surface area contributed by atoms with Crippen molar-refractivity contribution in [1.29, 1.82) is 0 Å². The standard InChI is InChI=1S/C12H21NO6/c1-6(15)13-8-10-9(18-12(2,3)19-10)7(5-14)17-11(8)16-4/h7-11,14H,5H2,1-4H3,(H,13,15)/t7-,8-,9+,10-,11-/m1/s1. The maximum Gasteiger partial charge on any atom is 0.217 e. The van der Waals surface area contributed by atoms with Crippen LogP contribution in [0.3, 0.4) is 0 Å². The first-order valence-corrected chi connectivity index (χ1v) is 6.30. The van der Waals surface area contributed by atoms with Crippen LogP contribution in [-0.2, 0) is 23.7 Å². The molecule has 0 aliphatic carbocycles. The third-order valence-electron chi connectivity index (χ3n) is 3.27. The fourth-order valence-electron chi connectivity index (χ4n) is 2.61. The highest BCUT2D eigenvalue weighted by Gasteiger charge is 2.55. The summed E-state index contributed by atoms with van der Waals surface area (Å²) in [6.45, 7) is 4.78. The zero-order valence-electron chi connectivity index (χ0n) is 11.6. The van der Waals surface area contributed by atoms with Crippen molar-refractivity contribution in [3.05, 3.63) is 0 Å². The van der Waals surface area contributed by atoms with E-state index in [0.29, 0.717) is 0 Å². The Balaban J connectivity index is 2.23. The number of hydrogen-bond acceptors (Lipinski definition) is 6. The molecule has 110 valence electrons. The second-order valence-electron chi connectivity index (χ2n) is 5.25. The van der Waals surface area contributed by atoms with Crippen LogP contribution >= 0.6 is 0 Å². The Bertz CT molecular complexity index is 347. The predicted molar refractivity (Wildman–Crippen MR) is 64.2 cm³/mol. The molecule has 1 amide bonds. The van der Waals surface area contributed by atoms with Crippen molar-refractivity contribution in [2.75, 3.05) is 13.7 Å². The fourth-order valence-corrected chi connectivity index (χ4v) is 2.61. The third kappa shape index (κ3) is 2.90. The first-order valence-electron chi connectivity index (χ1n) is 6.30. The quantitative estimate of drug-likeness (QED) is 0.713. The molecular weight excluding hydrogens is 254 g/mol. The number of rotatable bonds is 3. The molecule has 0 aromatic rings. The predicted octanol–water partition coefficient (Wildman–Crippen LogP) is -0.625. The second kappa shape index (κ2) is 5.34. The molecule has 2 rings (SSSR count). The van der Waals surface area contributed by atoms with Gasteiger partial charge in [-0.25, -0.2) is 0 Å². The number of ether oxygens (including phenoxy) is 4. The highest BCUT2D eigenvalue weighted by atomic mass is 16.8. The van der Waals surface area contributed by atoms with E-state index in [-0.39, 0.29) is 12.5 Å². The Morgan fingerprint density at radius 3 is 2.53 bits per heavy atom. The van der Waals surface area contributed by atoms with E-state index in [1.807, 2.05) is 0 Å². The van der Waals surface area contributed by atoms with Crippen molar-refractivity contribution in [3.8, 4) is 0 Å². The Hall–Kier alpha value is -0.730. The van der Waals surface area contributed by atoms with Crippen molar-refractivity contribution in [1.82, 2.24) is 5.32 Å². The molecule has 0 spiro atoms. The summed E-state index contributed by atoms with van der Waals surface area (Å²) < 4.78 is 22.4. The summed E-state index contributed by atoms with van der Waals surface area (Å²) in [6, 6.07) is -0.475. The summed E-state index contributed by atoms with van der Waals surface area (Å²) in [5.74, 6) is -0.990. The minimum Gasteiger partial charge on any atom is -0.394 e. The van der Waals surface area contributed by atoms with E-state index in [1.165, 1.54) is 14.0 Å². The Kier molecular flexibility index (Phi) is 4.12. The molecule has 7 heteroatoms. The van der Waals surface area contributed by atoms with Gasteiger partial charge in [-0.2, -0.15) is 0 Å². The van der Waals surface area contributed by atoms with E-state index >= 15 is 0 Å². The minimum absolute atomic E-state index is 0.201. The molecule has 5 atom stereocenters. The molecule has 19 heavy (non-hydrogen) atoms. The molecule has 2 aliphatic rings. The smallest absolute Gasteiger partial charge is 0.217 e. The molecule has 0 unspecified atom stereocenters. The minimum atomic E-state index is -0.786. The number of fused-ring (bicyclic) bond motifs is 1. The zero-order valence-corrected chi connectivity index (χ0v) is 11.6. The Morgan fingerprint density at radius 2 is 2.00 bits per heavy atom. The summed E-state index contributed by atoms with van der Waals surface area (Å²) in [5, 5.41) is 12.1. The van der Waals surface area contributed by atoms with Gasteiger partial charge in [0.25, 0.3) is 0 Å². The fraction of sp³-hybridized carbons (Fsp3) is 0.917. The normalized spacial score (nSPS) is 40.8. The van der Waals surface area contributed by atoms with Crippen molar-refractivity contribution in [2.24, 2.45) is 0 Å². The summed E-state index contributed by atoms with van der Waals surface area (Å²) >= 11 is 0. The molecule has 2 saturated heterocycles. The number of aliphatic hydroxyl groups excluding tert-OH is 1. The van der Waals surface area contributed by atoms with Gasteiger partial charge in [0.15, 0.2) is 12.1 Å². The van der Waals surface area contributed by atoms with E-state index in [9.17, 15) is 9.90 Å². The van der Waals surface area contributed by atoms with Gasteiger partial charge in [-0.1, -0.05) is 0 Å². The van der Waals surface area contributed by atoms with Gasteiger partial charge in [0.05, 0.1) is 6.61 Å². The van der Waals surface area contributed by atoms with E-state index in [1.54, 1.807) is 13.8 Å². The van der Waals surface area contributed by atoms with Crippen molar-refractivity contribution < 1.29 is 28.8 Å². The monoisotopic (exact) mass is 275 g/mol. The lowest BCUT2D eigenvalue weighted by Crippen LogP contribution is -2.63. The Morgan fingerprint density at radius 1 is 1.37 bits per heavy atom. The highest BCUT2D eigenvalue weighted by molar-refractivity contribution is 5.73. The molecule has 0 bridgehead atoms. The lowest BCUT2D eigenvalue weighted by Gasteiger charge is -2.41. The molecule has 0 aromatic carbocycles. The van der Waals surface area contributed by atoms with Gasteiger partial charge in [-0.3, -0.25) is 4.79 Å². The van der Waals surface area contributed by atoms with E-state index < -0.39 is 36.4 Å². The summed E-state index contributed by atoms with van der Waals surface area (Å²) in [6.07, 6.45) is -2.08. The van der Waals surface area contributed by atoms with Crippen LogP contribution in [0.15, 0.2) is 0 Å². The van der Waals surface area contributed by atoms with Crippen LogP contribution in [0.25, 0.3) is 0 Å². The summed E-state index contributed by atoms with van der Waals surface area (Å²) in [5.41, 5.74) is 0. The molecule has 2 heterocycles. The number of aliphatic hydroxyl groups is 1. The number of carbonyl (C=O) groups excluding carboxylic acids is 1. The number of amides is 1. The van der Waals surface area contributed by atoms with Crippen LogP contribution in [-0.4, -0.2) is 61.2 Å². The third-order valence-corrected chi connectivity index (χ3v) is 3.27. The van der Waals surface area contributed by atoms with Crippen LogP contribution < -0.4 is 5.32 Å². The van der Waals surface area contributed by atoms with Crippen LogP contribution in [0.2, 0.25) is 0 Å².